The minimum atomic E-state index is -0.618. The Morgan fingerprint density at radius 3 is 2.46 bits per heavy atom. The third kappa shape index (κ3) is 5.47. The molecule has 4 atom stereocenters. The Balaban J connectivity index is 2.01. The van der Waals surface area contributed by atoms with E-state index in [-0.39, 0.29) is 12.7 Å². The third-order valence-corrected chi connectivity index (χ3v) is 3.49. The van der Waals surface area contributed by atoms with E-state index in [4.69, 9.17) is 18.9 Å². The molecule has 1 aromatic rings. The van der Waals surface area contributed by atoms with Crippen LogP contribution in [0.2, 0.25) is 0 Å². The first-order valence-corrected chi connectivity index (χ1v) is 7.80. The molecule has 0 radical (unpaired) electrons. The van der Waals surface area contributed by atoms with Crippen molar-refractivity contribution >= 4 is 11.9 Å². The van der Waals surface area contributed by atoms with Crippen LogP contribution in [0.1, 0.15) is 32.4 Å². The highest BCUT2D eigenvalue weighted by atomic mass is 16.7. The van der Waals surface area contributed by atoms with E-state index in [0.717, 1.165) is 5.56 Å². The SMILES string of the molecule is CC(=O)OC[C@H]1O[C@H](O[C@H](C)c2ccccc2)C=C[C@@H]1OC(C)=O. The monoisotopic (exact) mass is 334 g/mol. The van der Waals surface area contributed by atoms with Gasteiger partial charge in [0.15, 0.2) is 6.29 Å². The number of carbonyl (C=O) groups is 2. The lowest BCUT2D eigenvalue weighted by Gasteiger charge is -2.32. The third-order valence-electron chi connectivity index (χ3n) is 3.49. The van der Waals surface area contributed by atoms with E-state index in [2.05, 4.69) is 0 Å². The van der Waals surface area contributed by atoms with Crippen LogP contribution in [-0.4, -0.2) is 37.0 Å². The molecule has 1 heterocycles. The maximum atomic E-state index is 11.2. The van der Waals surface area contributed by atoms with Crippen LogP contribution in [0.5, 0.6) is 0 Å². The Kier molecular flexibility index (Phi) is 6.52. The summed E-state index contributed by atoms with van der Waals surface area (Å²) in [4.78, 5) is 22.2. The predicted molar refractivity (Wildman–Crippen MR) is 85.9 cm³/mol. The minimum absolute atomic E-state index is 0.0167. The molecule has 0 fully saturated rings. The second kappa shape index (κ2) is 8.61. The van der Waals surface area contributed by atoms with Crippen molar-refractivity contribution in [1.82, 2.24) is 0 Å². The summed E-state index contributed by atoms with van der Waals surface area (Å²) in [6.45, 7) is 4.53. The highest BCUT2D eigenvalue weighted by molar-refractivity contribution is 5.66. The Morgan fingerprint density at radius 1 is 1.12 bits per heavy atom. The van der Waals surface area contributed by atoms with Crippen LogP contribution in [0.3, 0.4) is 0 Å². The first-order chi connectivity index (χ1) is 11.5. The van der Waals surface area contributed by atoms with Crippen LogP contribution in [0.25, 0.3) is 0 Å². The summed E-state index contributed by atoms with van der Waals surface area (Å²) in [5.74, 6) is -0.858. The van der Waals surface area contributed by atoms with Crippen molar-refractivity contribution in [2.75, 3.05) is 6.61 Å². The average Bonchev–Trinajstić information content (AvgIpc) is 2.55. The Bertz CT molecular complexity index is 582. The molecule has 24 heavy (non-hydrogen) atoms. The molecule has 0 spiro atoms. The zero-order valence-corrected chi connectivity index (χ0v) is 14.0. The molecule has 0 N–H and O–H groups in total. The number of esters is 2. The predicted octanol–water partition coefficient (Wildman–Crippen LogP) is 2.54. The second-order valence-corrected chi connectivity index (χ2v) is 5.49. The average molecular weight is 334 g/mol. The summed E-state index contributed by atoms with van der Waals surface area (Å²) in [6.07, 6.45) is 1.36. The highest BCUT2D eigenvalue weighted by Crippen LogP contribution is 2.24. The van der Waals surface area contributed by atoms with Gasteiger partial charge in [0, 0.05) is 13.8 Å². The van der Waals surface area contributed by atoms with E-state index in [1.165, 1.54) is 13.8 Å². The Hall–Kier alpha value is -2.18. The molecule has 1 aromatic carbocycles. The maximum absolute atomic E-state index is 11.2. The molecule has 0 aromatic heterocycles. The molecule has 130 valence electrons. The van der Waals surface area contributed by atoms with Crippen molar-refractivity contribution in [3.8, 4) is 0 Å². The number of hydrogen-bond acceptors (Lipinski definition) is 6. The molecule has 6 nitrogen and oxygen atoms in total. The lowest BCUT2D eigenvalue weighted by atomic mass is 10.1. The summed E-state index contributed by atoms with van der Waals surface area (Å²) < 4.78 is 21.8. The molecular formula is C18H22O6. The Labute approximate surface area is 141 Å². The van der Waals surface area contributed by atoms with Crippen LogP contribution >= 0.6 is 0 Å². The molecule has 0 saturated carbocycles. The zero-order chi connectivity index (χ0) is 17.5. The number of hydrogen-bond donors (Lipinski definition) is 0. The van der Waals surface area contributed by atoms with Crippen LogP contribution in [0, 0.1) is 0 Å². The summed E-state index contributed by atoms with van der Waals surface area (Å²) >= 11 is 0. The summed E-state index contributed by atoms with van der Waals surface area (Å²) in [6, 6.07) is 9.75. The zero-order valence-electron chi connectivity index (χ0n) is 14.0. The summed E-state index contributed by atoms with van der Waals surface area (Å²) in [5.41, 5.74) is 1.02. The van der Waals surface area contributed by atoms with Crippen LogP contribution in [0.4, 0.5) is 0 Å². The topological polar surface area (TPSA) is 71.1 Å². The van der Waals surface area contributed by atoms with E-state index in [1.54, 1.807) is 12.2 Å². The van der Waals surface area contributed by atoms with Crippen molar-refractivity contribution < 1.29 is 28.5 Å². The van der Waals surface area contributed by atoms with E-state index >= 15 is 0 Å². The fourth-order valence-corrected chi connectivity index (χ4v) is 2.34. The fourth-order valence-electron chi connectivity index (χ4n) is 2.34. The van der Waals surface area contributed by atoms with Gasteiger partial charge in [-0.3, -0.25) is 9.59 Å². The van der Waals surface area contributed by atoms with Gasteiger partial charge in [0.1, 0.15) is 18.8 Å². The summed E-state index contributed by atoms with van der Waals surface area (Å²) in [7, 11) is 0. The van der Waals surface area contributed by atoms with Gasteiger partial charge in [-0.05, 0) is 24.6 Å². The van der Waals surface area contributed by atoms with Crippen LogP contribution in [0.15, 0.2) is 42.5 Å². The van der Waals surface area contributed by atoms with Crippen LogP contribution in [-0.2, 0) is 28.5 Å². The quantitative estimate of drug-likeness (QED) is 0.588. The molecule has 0 bridgehead atoms. The molecule has 6 heteroatoms. The molecule has 1 aliphatic rings. The number of ether oxygens (including phenoxy) is 4. The minimum Gasteiger partial charge on any atom is -0.463 e. The van der Waals surface area contributed by atoms with Gasteiger partial charge in [0.25, 0.3) is 0 Å². The van der Waals surface area contributed by atoms with Gasteiger partial charge >= 0.3 is 11.9 Å². The van der Waals surface area contributed by atoms with Gasteiger partial charge in [-0.15, -0.1) is 0 Å². The number of rotatable bonds is 6. The van der Waals surface area contributed by atoms with Gasteiger partial charge in [0.2, 0.25) is 0 Å². The van der Waals surface area contributed by atoms with Crippen LogP contribution < -0.4 is 0 Å². The first-order valence-electron chi connectivity index (χ1n) is 7.80. The van der Waals surface area contributed by atoms with E-state index in [9.17, 15) is 9.59 Å². The highest BCUT2D eigenvalue weighted by Gasteiger charge is 2.31. The van der Waals surface area contributed by atoms with E-state index in [1.807, 2.05) is 37.3 Å². The van der Waals surface area contributed by atoms with E-state index < -0.39 is 30.4 Å². The fraction of sp³-hybridized carbons (Fsp3) is 0.444. The molecule has 1 aliphatic heterocycles. The first kappa shape index (κ1) is 18.2. The van der Waals surface area contributed by atoms with E-state index in [0.29, 0.717) is 0 Å². The van der Waals surface area contributed by atoms with Crippen molar-refractivity contribution in [2.45, 2.75) is 45.4 Å². The molecule has 0 amide bonds. The molecule has 2 rings (SSSR count). The van der Waals surface area contributed by atoms with Crippen molar-refractivity contribution in [2.24, 2.45) is 0 Å². The standard InChI is InChI=1S/C18H22O6/c1-12(15-7-5-4-6-8-15)22-18-10-9-16(23-14(3)20)17(24-18)11-21-13(2)19/h4-10,12,16-18H,11H2,1-3H3/t12-,16+,17-,18+/m1/s1. The van der Waals surface area contributed by atoms with Gasteiger partial charge < -0.3 is 18.9 Å². The number of benzene rings is 1. The van der Waals surface area contributed by atoms with Gasteiger partial charge in [0.05, 0.1) is 6.10 Å². The lowest BCUT2D eigenvalue weighted by Crippen LogP contribution is -2.42. The smallest absolute Gasteiger partial charge is 0.303 e. The van der Waals surface area contributed by atoms with Crippen molar-refractivity contribution in [1.29, 1.82) is 0 Å². The Morgan fingerprint density at radius 2 is 1.83 bits per heavy atom. The molecule has 0 aliphatic carbocycles. The maximum Gasteiger partial charge on any atom is 0.303 e. The van der Waals surface area contributed by atoms with Gasteiger partial charge in [-0.2, -0.15) is 0 Å². The van der Waals surface area contributed by atoms with Crippen molar-refractivity contribution in [3.05, 3.63) is 48.0 Å². The molecule has 0 unspecified atom stereocenters. The normalized spacial score (nSPS) is 24.2. The van der Waals surface area contributed by atoms with Gasteiger partial charge in [-0.25, -0.2) is 0 Å². The summed E-state index contributed by atoms with van der Waals surface area (Å²) in [5, 5.41) is 0. The second-order valence-electron chi connectivity index (χ2n) is 5.49. The lowest BCUT2D eigenvalue weighted by molar-refractivity contribution is -0.208. The van der Waals surface area contributed by atoms with Crippen molar-refractivity contribution in [3.63, 3.8) is 0 Å². The molecular weight excluding hydrogens is 312 g/mol. The molecule has 0 saturated heterocycles. The largest absolute Gasteiger partial charge is 0.463 e. The van der Waals surface area contributed by atoms with Gasteiger partial charge in [-0.1, -0.05) is 30.3 Å². The number of carbonyl (C=O) groups excluding carboxylic acids is 2.